The first-order chi connectivity index (χ1) is 9.20. The molecule has 1 unspecified atom stereocenters. The Labute approximate surface area is 115 Å². The van der Waals surface area contributed by atoms with Gasteiger partial charge in [0.25, 0.3) is 0 Å². The predicted octanol–water partition coefficient (Wildman–Crippen LogP) is 1.59. The summed E-state index contributed by atoms with van der Waals surface area (Å²) in [6.45, 7) is 9.67. The molecule has 0 saturated carbocycles. The van der Waals surface area contributed by atoms with Crippen LogP contribution < -0.4 is 10.2 Å². The van der Waals surface area contributed by atoms with E-state index in [-0.39, 0.29) is 0 Å². The number of hydrogen-bond donors (Lipinski definition) is 1. The minimum atomic E-state index is 0.397. The Morgan fingerprint density at radius 1 is 1.42 bits per heavy atom. The lowest BCUT2D eigenvalue weighted by Gasteiger charge is -2.35. The third-order valence-electron chi connectivity index (χ3n) is 3.36. The number of anilines is 1. The lowest BCUT2D eigenvalue weighted by atomic mass is 10.2. The Bertz CT molecular complexity index is 380. The molecule has 106 valence electrons. The van der Waals surface area contributed by atoms with Crippen LogP contribution in [0.5, 0.6) is 0 Å². The smallest absolute Gasteiger partial charge is 0.225 e. The maximum absolute atomic E-state index is 5.51. The summed E-state index contributed by atoms with van der Waals surface area (Å²) in [7, 11) is 0. The molecule has 1 aliphatic rings. The zero-order valence-corrected chi connectivity index (χ0v) is 12.1. The highest BCUT2D eigenvalue weighted by molar-refractivity contribution is 5.32. The van der Waals surface area contributed by atoms with Crippen LogP contribution in [0.4, 0.5) is 5.95 Å². The van der Waals surface area contributed by atoms with Crippen molar-refractivity contribution in [1.29, 1.82) is 0 Å². The van der Waals surface area contributed by atoms with Gasteiger partial charge < -0.3 is 15.0 Å². The van der Waals surface area contributed by atoms with Gasteiger partial charge in [0.05, 0.1) is 19.3 Å². The molecule has 2 heterocycles. The summed E-state index contributed by atoms with van der Waals surface area (Å²) < 4.78 is 5.51. The monoisotopic (exact) mass is 264 g/mol. The van der Waals surface area contributed by atoms with Crippen LogP contribution in [0, 0.1) is 0 Å². The molecule has 0 aliphatic carbocycles. The van der Waals surface area contributed by atoms with Gasteiger partial charge in [-0.2, -0.15) is 0 Å². The molecular weight excluding hydrogens is 240 g/mol. The van der Waals surface area contributed by atoms with E-state index in [1.165, 1.54) is 0 Å². The number of ether oxygens (including phenoxy) is 1. The predicted molar refractivity (Wildman–Crippen MR) is 76.3 cm³/mol. The number of aromatic nitrogens is 2. The van der Waals surface area contributed by atoms with Gasteiger partial charge in [-0.05, 0) is 6.42 Å². The fourth-order valence-electron chi connectivity index (χ4n) is 2.17. The molecule has 1 N–H and O–H groups in total. The maximum atomic E-state index is 5.51. The fourth-order valence-corrected chi connectivity index (χ4v) is 2.17. The Balaban J connectivity index is 2.00. The highest BCUT2D eigenvalue weighted by atomic mass is 16.5. The highest BCUT2D eigenvalue weighted by Crippen LogP contribution is 2.16. The van der Waals surface area contributed by atoms with Gasteiger partial charge in [-0.3, -0.25) is 0 Å². The first-order valence-electron chi connectivity index (χ1n) is 7.09. The van der Waals surface area contributed by atoms with Crippen LogP contribution in [-0.2, 0) is 11.3 Å². The molecule has 1 atom stereocenters. The van der Waals surface area contributed by atoms with Crippen LogP contribution in [0.25, 0.3) is 0 Å². The zero-order valence-electron chi connectivity index (χ0n) is 12.1. The van der Waals surface area contributed by atoms with Crippen molar-refractivity contribution in [2.45, 2.75) is 45.8 Å². The van der Waals surface area contributed by atoms with E-state index in [4.69, 9.17) is 4.74 Å². The lowest BCUT2D eigenvalue weighted by Crippen LogP contribution is -2.46. The van der Waals surface area contributed by atoms with E-state index >= 15 is 0 Å². The molecule has 5 nitrogen and oxygen atoms in total. The second-order valence-electron chi connectivity index (χ2n) is 5.26. The normalized spacial score (nSPS) is 20.0. The van der Waals surface area contributed by atoms with Gasteiger partial charge in [0, 0.05) is 37.1 Å². The standard InChI is InChI=1S/C14H24N4O/c1-4-13-10-19-6-5-18(13)14-16-8-12(9-17-14)7-15-11(2)3/h8-9,11,13,15H,4-7,10H2,1-3H3. The van der Waals surface area contributed by atoms with Gasteiger partial charge in [-0.25, -0.2) is 9.97 Å². The average Bonchev–Trinajstić information content (AvgIpc) is 2.45. The number of rotatable bonds is 5. The number of nitrogens with one attached hydrogen (secondary N) is 1. The van der Waals surface area contributed by atoms with Crippen LogP contribution in [0.15, 0.2) is 12.4 Å². The molecule has 0 amide bonds. The first-order valence-corrected chi connectivity index (χ1v) is 7.09. The van der Waals surface area contributed by atoms with Crippen molar-refractivity contribution in [2.24, 2.45) is 0 Å². The van der Waals surface area contributed by atoms with Crippen molar-refractivity contribution in [3.63, 3.8) is 0 Å². The van der Waals surface area contributed by atoms with Gasteiger partial charge in [0.2, 0.25) is 5.95 Å². The second kappa shape index (κ2) is 6.82. The third kappa shape index (κ3) is 3.88. The SMILES string of the molecule is CCC1COCCN1c1ncc(CNC(C)C)cn1. The summed E-state index contributed by atoms with van der Waals surface area (Å²) >= 11 is 0. The summed E-state index contributed by atoms with van der Waals surface area (Å²) in [6.07, 6.45) is 4.89. The zero-order chi connectivity index (χ0) is 13.7. The molecule has 0 radical (unpaired) electrons. The molecule has 0 bridgehead atoms. The molecule has 1 aromatic heterocycles. The van der Waals surface area contributed by atoms with E-state index in [1.54, 1.807) is 0 Å². The van der Waals surface area contributed by atoms with Gasteiger partial charge >= 0.3 is 0 Å². The quantitative estimate of drug-likeness (QED) is 0.875. The Kier molecular flexibility index (Phi) is 5.10. The molecule has 1 saturated heterocycles. The van der Waals surface area contributed by atoms with Gasteiger partial charge in [-0.1, -0.05) is 20.8 Å². The van der Waals surface area contributed by atoms with Crippen molar-refractivity contribution < 1.29 is 4.74 Å². The Morgan fingerprint density at radius 2 is 2.16 bits per heavy atom. The minimum Gasteiger partial charge on any atom is -0.377 e. The largest absolute Gasteiger partial charge is 0.377 e. The van der Waals surface area contributed by atoms with Crippen molar-refractivity contribution >= 4 is 5.95 Å². The molecule has 1 fully saturated rings. The summed E-state index contributed by atoms with van der Waals surface area (Å²) in [5, 5.41) is 3.37. The molecule has 0 aromatic carbocycles. The van der Waals surface area contributed by atoms with Gasteiger partial charge in [0.15, 0.2) is 0 Å². The summed E-state index contributed by atoms with van der Waals surface area (Å²) in [4.78, 5) is 11.2. The Morgan fingerprint density at radius 3 is 2.79 bits per heavy atom. The van der Waals surface area contributed by atoms with Crippen LogP contribution in [0.2, 0.25) is 0 Å². The fraction of sp³-hybridized carbons (Fsp3) is 0.714. The highest BCUT2D eigenvalue weighted by Gasteiger charge is 2.23. The van der Waals surface area contributed by atoms with Crippen molar-refractivity contribution in [3.05, 3.63) is 18.0 Å². The van der Waals surface area contributed by atoms with Crippen LogP contribution in [0.1, 0.15) is 32.8 Å². The molecule has 1 aliphatic heterocycles. The number of hydrogen-bond acceptors (Lipinski definition) is 5. The second-order valence-corrected chi connectivity index (χ2v) is 5.26. The van der Waals surface area contributed by atoms with Crippen molar-refractivity contribution in [3.8, 4) is 0 Å². The molecule has 1 aromatic rings. The molecule has 2 rings (SSSR count). The molecule has 19 heavy (non-hydrogen) atoms. The lowest BCUT2D eigenvalue weighted by molar-refractivity contribution is 0.0921. The molecular formula is C14H24N4O. The number of nitrogens with zero attached hydrogens (tertiary/aromatic N) is 3. The van der Waals surface area contributed by atoms with Gasteiger partial charge in [-0.15, -0.1) is 0 Å². The van der Waals surface area contributed by atoms with Crippen LogP contribution in [0.3, 0.4) is 0 Å². The van der Waals surface area contributed by atoms with E-state index in [0.29, 0.717) is 12.1 Å². The van der Waals surface area contributed by atoms with Crippen molar-refractivity contribution in [1.82, 2.24) is 15.3 Å². The van der Waals surface area contributed by atoms with E-state index in [2.05, 4.69) is 41.0 Å². The molecule has 5 heteroatoms. The number of morpholine rings is 1. The van der Waals surface area contributed by atoms with E-state index in [1.807, 2.05) is 12.4 Å². The van der Waals surface area contributed by atoms with Crippen LogP contribution >= 0.6 is 0 Å². The summed E-state index contributed by atoms with van der Waals surface area (Å²) in [5.41, 5.74) is 1.12. The third-order valence-corrected chi connectivity index (χ3v) is 3.36. The van der Waals surface area contributed by atoms with Crippen molar-refractivity contribution in [2.75, 3.05) is 24.7 Å². The summed E-state index contributed by atoms with van der Waals surface area (Å²) in [5.74, 6) is 0.823. The van der Waals surface area contributed by atoms with Crippen LogP contribution in [-0.4, -0.2) is 41.8 Å². The van der Waals surface area contributed by atoms with Gasteiger partial charge in [0.1, 0.15) is 0 Å². The van der Waals surface area contributed by atoms with E-state index < -0.39 is 0 Å². The minimum absolute atomic E-state index is 0.397. The molecule has 0 spiro atoms. The topological polar surface area (TPSA) is 50.3 Å². The first kappa shape index (κ1) is 14.2. The van der Waals surface area contributed by atoms with E-state index in [0.717, 1.165) is 44.2 Å². The average molecular weight is 264 g/mol. The Hall–Kier alpha value is -1.20. The summed E-state index contributed by atoms with van der Waals surface area (Å²) in [6, 6.07) is 0.872. The van der Waals surface area contributed by atoms with E-state index in [9.17, 15) is 0 Å². The maximum Gasteiger partial charge on any atom is 0.225 e.